The fourth-order valence-electron chi connectivity index (χ4n) is 1.84. The van der Waals surface area contributed by atoms with Crippen LogP contribution in [-0.4, -0.2) is 0 Å². The normalized spacial score (nSPS) is 14.5. The molecule has 0 aromatic rings. The summed E-state index contributed by atoms with van der Waals surface area (Å²) in [6.45, 7) is 19.1. The number of allylic oxidation sites excluding steroid dienone is 4. The molecule has 0 N–H and O–H groups in total. The van der Waals surface area contributed by atoms with E-state index in [1.54, 1.807) is 0 Å². The summed E-state index contributed by atoms with van der Waals surface area (Å²) in [7, 11) is 0. The first kappa shape index (κ1) is 14.2. The van der Waals surface area contributed by atoms with Gasteiger partial charge in [0.25, 0.3) is 0 Å². The molecule has 0 rings (SSSR count). The van der Waals surface area contributed by atoms with E-state index in [2.05, 4.69) is 47.8 Å². The van der Waals surface area contributed by atoms with Gasteiger partial charge in [0.2, 0.25) is 0 Å². The maximum Gasteiger partial charge on any atom is -0.0168 e. The summed E-state index contributed by atoms with van der Waals surface area (Å²) >= 11 is 0. The van der Waals surface area contributed by atoms with Crippen molar-refractivity contribution in [1.29, 1.82) is 0 Å². The zero-order valence-corrected chi connectivity index (χ0v) is 11.1. The molecule has 0 amide bonds. The molecule has 0 aromatic carbocycles. The predicted molar refractivity (Wildman–Crippen MR) is 71.0 cm³/mol. The van der Waals surface area contributed by atoms with Crippen molar-refractivity contribution in [1.82, 2.24) is 0 Å². The number of hydrogen-bond acceptors (Lipinski definition) is 0. The monoisotopic (exact) mass is 206 g/mol. The molecule has 0 spiro atoms. The Bertz CT molecular complexity index is 266. The fraction of sp³-hybridized carbons (Fsp3) is 0.600. The van der Waals surface area contributed by atoms with E-state index in [0.29, 0.717) is 5.92 Å². The molecular formula is C15H26. The molecule has 0 fully saturated rings. The van der Waals surface area contributed by atoms with Crippen molar-refractivity contribution in [2.45, 2.75) is 53.9 Å². The second-order valence-corrected chi connectivity index (χ2v) is 4.45. The van der Waals surface area contributed by atoms with Crippen LogP contribution in [0.3, 0.4) is 0 Å². The zero-order valence-electron chi connectivity index (χ0n) is 11.1. The van der Waals surface area contributed by atoms with Gasteiger partial charge in [-0.3, -0.25) is 0 Å². The number of hydrogen-bond donors (Lipinski definition) is 0. The minimum atomic E-state index is 0.643. The molecule has 0 nitrogen and oxygen atoms in total. The molecule has 0 aliphatic carbocycles. The van der Waals surface area contributed by atoms with Gasteiger partial charge in [-0.1, -0.05) is 39.0 Å². The molecule has 0 saturated carbocycles. The molecule has 0 saturated heterocycles. The minimum Gasteiger partial charge on any atom is -0.0958 e. The van der Waals surface area contributed by atoms with Crippen LogP contribution in [0.4, 0.5) is 0 Å². The lowest BCUT2D eigenvalue weighted by Crippen LogP contribution is -2.04. The van der Waals surface area contributed by atoms with Gasteiger partial charge >= 0.3 is 0 Å². The van der Waals surface area contributed by atoms with E-state index in [1.807, 2.05) is 0 Å². The van der Waals surface area contributed by atoms with Gasteiger partial charge in [0.15, 0.2) is 0 Å². The maximum absolute atomic E-state index is 4.25. The lowest BCUT2D eigenvalue weighted by Gasteiger charge is -2.20. The predicted octanol–water partition coefficient (Wildman–Crippen LogP) is 5.28. The fourth-order valence-corrected chi connectivity index (χ4v) is 1.84. The molecule has 0 aromatic heterocycles. The van der Waals surface area contributed by atoms with Crippen molar-refractivity contribution >= 4 is 0 Å². The molecule has 0 aliphatic heterocycles. The maximum atomic E-state index is 4.25. The summed E-state index contributed by atoms with van der Waals surface area (Å²) in [6, 6.07) is 0. The highest BCUT2D eigenvalue weighted by molar-refractivity contribution is 5.40. The summed E-state index contributed by atoms with van der Waals surface area (Å²) < 4.78 is 0. The Morgan fingerprint density at radius 1 is 1.00 bits per heavy atom. The lowest BCUT2D eigenvalue weighted by atomic mass is 9.86. The molecule has 1 atom stereocenters. The Morgan fingerprint density at radius 3 is 1.87 bits per heavy atom. The first-order valence-electron chi connectivity index (χ1n) is 5.98. The highest BCUT2D eigenvalue weighted by atomic mass is 14.2. The van der Waals surface area contributed by atoms with E-state index in [9.17, 15) is 0 Å². The van der Waals surface area contributed by atoms with Crippen molar-refractivity contribution < 1.29 is 0 Å². The topological polar surface area (TPSA) is 0 Å². The van der Waals surface area contributed by atoms with E-state index < -0.39 is 0 Å². The van der Waals surface area contributed by atoms with Crippen LogP contribution in [0.1, 0.15) is 53.9 Å². The molecule has 15 heavy (non-hydrogen) atoms. The van der Waals surface area contributed by atoms with Gasteiger partial charge in [-0.25, -0.2) is 0 Å². The van der Waals surface area contributed by atoms with Crippen LogP contribution in [0.5, 0.6) is 0 Å². The summed E-state index contributed by atoms with van der Waals surface area (Å²) in [6.07, 6.45) is 3.67. The average molecular weight is 206 g/mol. The van der Waals surface area contributed by atoms with E-state index in [1.165, 1.54) is 36.0 Å². The van der Waals surface area contributed by atoms with E-state index >= 15 is 0 Å². The van der Waals surface area contributed by atoms with Crippen molar-refractivity contribution in [2.75, 3.05) is 0 Å². The van der Waals surface area contributed by atoms with Gasteiger partial charge in [0, 0.05) is 0 Å². The van der Waals surface area contributed by atoms with Gasteiger partial charge < -0.3 is 0 Å². The van der Waals surface area contributed by atoms with Gasteiger partial charge in [0.05, 0.1) is 0 Å². The Kier molecular flexibility index (Phi) is 6.31. The standard InChI is InChI=1S/C15H26/c1-8-10-15(9-2)14(7)13(6)12(5)11(3)4/h15H,3,7-10H2,1-2,4-6H3/b13-12-. The molecular weight excluding hydrogens is 180 g/mol. The molecule has 86 valence electrons. The number of rotatable bonds is 6. The molecule has 0 radical (unpaired) electrons. The summed E-state index contributed by atoms with van der Waals surface area (Å²) in [5.41, 5.74) is 5.09. The molecule has 0 heteroatoms. The Morgan fingerprint density at radius 2 is 1.53 bits per heavy atom. The van der Waals surface area contributed by atoms with Crippen LogP contribution < -0.4 is 0 Å². The summed E-state index contributed by atoms with van der Waals surface area (Å²) in [4.78, 5) is 0. The Labute approximate surface area is 95.8 Å². The van der Waals surface area contributed by atoms with Gasteiger partial charge in [-0.15, -0.1) is 0 Å². The molecule has 0 heterocycles. The smallest absolute Gasteiger partial charge is 0.0168 e. The minimum absolute atomic E-state index is 0.643. The van der Waals surface area contributed by atoms with Gasteiger partial charge in [-0.2, -0.15) is 0 Å². The molecule has 0 aliphatic rings. The first-order valence-corrected chi connectivity index (χ1v) is 5.98. The SMILES string of the molecule is C=C(C)/C(C)=C(/C)C(=C)C(CC)CCC. The average Bonchev–Trinajstić information content (AvgIpc) is 2.22. The van der Waals surface area contributed by atoms with Crippen LogP contribution in [0.25, 0.3) is 0 Å². The van der Waals surface area contributed by atoms with E-state index in [4.69, 9.17) is 0 Å². The summed E-state index contributed by atoms with van der Waals surface area (Å²) in [5.74, 6) is 0.643. The molecule has 1 unspecified atom stereocenters. The largest absolute Gasteiger partial charge is 0.0958 e. The van der Waals surface area contributed by atoms with Crippen LogP contribution in [-0.2, 0) is 0 Å². The van der Waals surface area contributed by atoms with Gasteiger partial charge in [-0.05, 0) is 56.3 Å². The third-order valence-corrected chi connectivity index (χ3v) is 3.31. The summed E-state index contributed by atoms with van der Waals surface area (Å²) in [5, 5.41) is 0. The van der Waals surface area contributed by atoms with Crippen LogP contribution in [0.15, 0.2) is 35.5 Å². The third-order valence-electron chi connectivity index (χ3n) is 3.31. The van der Waals surface area contributed by atoms with E-state index in [-0.39, 0.29) is 0 Å². The van der Waals surface area contributed by atoms with E-state index in [0.717, 1.165) is 5.57 Å². The van der Waals surface area contributed by atoms with Crippen molar-refractivity contribution in [3.8, 4) is 0 Å². The zero-order chi connectivity index (χ0) is 12.0. The van der Waals surface area contributed by atoms with Crippen molar-refractivity contribution in [2.24, 2.45) is 5.92 Å². The van der Waals surface area contributed by atoms with Crippen molar-refractivity contribution in [3.63, 3.8) is 0 Å². The third kappa shape index (κ3) is 4.07. The van der Waals surface area contributed by atoms with Crippen molar-refractivity contribution in [3.05, 3.63) is 35.5 Å². The molecule has 0 bridgehead atoms. The van der Waals surface area contributed by atoms with Gasteiger partial charge in [0.1, 0.15) is 0 Å². The quantitative estimate of drug-likeness (QED) is 0.518. The van der Waals surface area contributed by atoms with Crippen LogP contribution >= 0.6 is 0 Å². The van der Waals surface area contributed by atoms with Crippen LogP contribution in [0, 0.1) is 5.92 Å². The van der Waals surface area contributed by atoms with Crippen LogP contribution in [0.2, 0.25) is 0 Å². The highest BCUT2D eigenvalue weighted by Crippen LogP contribution is 2.28. The second kappa shape index (κ2) is 6.66. The second-order valence-electron chi connectivity index (χ2n) is 4.45. The Balaban J connectivity index is 4.83. The first-order chi connectivity index (χ1) is 6.95. The highest BCUT2D eigenvalue weighted by Gasteiger charge is 2.12. The Hall–Kier alpha value is -0.780. The lowest BCUT2D eigenvalue weighted by molar-refractivity contribution is 0.540.